The molecule has 0 bridgehead atoms. The molecule has 0 aromatic carbocycles. The first kappa shape index (κ1) is 19.8. The molecule has 1 aromatic heterocycles. The lowest BCUT2D eigenvalue weighted by Gasteiger charge is -2.21. The Balaban J connectivity index is 3.16. The molecule has 24 heavy (non-hydrogen) atoms. The van der Waals surface area contributed by atoms with Gasteiger partial charge >= 0.3 is 12.0 Å². The minimum Gasteiger partial charge on any atom is -0.453 e. The van der Waals surface area contributed by atoms with Gasteiger partial charge in [0.2, 0.25) is 0 Å². The van der Waals surface area contributed by atoms with Gasteiger partial charge in [0.1, 0.15) is 17.3 Å². The van der Waals surface area contributed by atoms with Gasteiger partial charge in [-0.15, -0.1) is 0 Å². The van der Waals surface area contributed by atoms with E-state index in [1.54, 1.807) is 20.8 Å². The van der Waals surface area contributed by atoms with Crippen LogP contribution in [0.3, 0.4) is 0 Å². The molecule has 0 fully saturated rings. The molecule has 1 aromatic rings. The van der Waals surface area contributed by atoms with Gasteiger partial charge < -0.3 is 10.1 Å². The first-order chi connectivity index (χ1) is 11.0. The maximum atomic E-state index is 13.1. The highest BCUT2D eigenvalue weighted by Crippen LogP contribution is 2.23. The molecule has 0 radical (unpaired) electrons. The molecular formula is C14H20FN3O5S. The van der Waals surface area contributed by atoms with Crippen LogP contribution in [0, 0.1) is 0 Å². The summed E-state index contributed by atoms with van der Waals surface area (Å²) in [4.78, 5) is 26.2. The van der Waals surface area contributed by atoms with Gasteiger partial charge in [0.25, 0.3) is 10.0 Å². The summed E-state index contributed by atoms with van der Waals surface area (Å²) >= 11 is 0. The number of nitrogens with one attached hydrogen (secondary N) is 2. The monoisotopic (exact) mass is 361 g/mol. The summed E-state index contributed by atoms with van der Waals surface area (Å²) in [6, 6.07) is 1.51. The van der Waals surface area contributed by atoms with Gasteiger partial charge in [-0.1, -0.05) is 0 Å². The molecule has 8 nitrogen and oxygen atoms in total. The van der Waals surface area contributed by atoms with E-state index in [1.807, 2.05) is 4.72 Å². The van der Waals surface area contributed by atoms with Crippen LogP contribution >= 0.6 is 0 Å². The van der Waals surface area contributed by atoms with Gasteiger partial charge in [0.05, 0.1) is 0 Å². The van der Waals surface area contributed by atoms with Crippen LogP contribution < -0.4 is 10.0 Å². The number of carbonyl (C=O) groups is 2. The first-order valence-electron chi connectivity index (χ1n) is 6.99. The Kier molecular flexibility index (Phi) is 6.24. The summed E-state index contributed by atoms with van der Waals surface area (Å²) in [6.45, 7) is 4.93. The summed E-state index contributed by atoms with van der Waals surface area (Å²) in [6.07, 6.45) is -0.253. The van der Waals surface area contributed by atoms with Crippen molar-refractivity contribution in [1.82, 2.24) is 15.0 Å². The molecule has 0 aliphatic carbocycles. The number of halogens is 1. The van der Waals surface area contributed by atoms with E-state index < -0.39 is 45.2 Å². The SMILES string of the molecule is CC(=O)OC(CF)c1ncccc1S(=O)(=O)NC(=O)NC(C)(C)C. The predicted molar refractivity (Wildman–Crippen MR) is 83.3 cm³/mol. The molecule has 0 saturated heterocycles. The van der Waals surface area contributed by atoms with Crippen molar-refractivity contribution < 1.29 is 27.1 Å². The highest BCUT2D eigenvalue weighted by atomic mass is 32.2. The summed E-state index contributed by atoms with van der Waals surface area (Å²) in [5, 5.41) is 2.43. The molecule has 1 atom stereocenters. The van der Waals surface area contributed by atoms with E-state index in [0.717, 1.165) is 13.0 Å². The fourth-order valence-corrected chi connectivity index (χ4v) is 2.90. The highest BCUT2D eigenvalue weighted by Gasteiger charge is 2.29. The normalized spacial score (nSPS) is 13.0. The number of nitrogens with zero attached hydrogens (tertiary/aromatic N) is 1. The second-order valence-corrected chi connectivity index (χ2v) is 7.60. The summed E-state index contributed by atoms with van der Waals surface area (Å²) in [7, 11) is -4.34. The molecule has 1 heterocycles. The number of aromatic nitrogens is 1. The smallest absolute Gasteiger partial charge is 0.329 e. The average Bonchev–Trinajstić information content (AvgIpc) is 2.41. The van der Waals surface area contributed by atoms with Gasteiger partial charge in [-0.3, -0.25) is 9.78 Å². The van der Waals surface area contributed by atoms with Crippen LogP contribution in [0.2, 0.25) is 0 Å². The van der Waals surface area contributed by atoms with Gasteiger partial charge in [-0.2, -0.15) is 0 Å². The molecule has 0 saturated carbocycles. The van der Waals surface area contributed by atoms with Crippen molar-refractivity contribution in [3.63, 3.8) is 0 Å². The number of esters is 1. The van der Waals surface area contributed by atoms with Crippen molar-refractivity contribution in [3.8, 4) is 0 Å². The Morgan fingerprint density at radius 1 is 1.38 bits per heavy atom. The van der Waals surface area contributed by atoms with Gasteiger partial charge in [0.15, 0.2) is 6.10 Å². The van der Waals surface area contributed by atoms with E-state index in [-0.39, 0.29) is 5.69 Å². The van der Waals surface area contributed by atoms with E-state index >= 15 is 0 Å². The molecule has 0 aliphatic heterocycles. The Bertz CT molecular complexity index is 715. The van der Waals surface area contributed by atoms with Gasteiger partial charge in [-0.05, 0) is 32.9 Å². The summed E-state index contributed by atoms with van der Waals surface area (Å²) in [5.74, 6) is -0.787. The van der Waals surface area contributed by atoms with E-state index in [9.17, 15) is 22.4 Å². The van der Waals surface area contributed by atoms with Crippen LogP contribution in [0.25, 0.3) is 0 Å². The first-order valence-corrected chi connectivity index (χ1v) is 8.47. The number of amides is 2. The highest BCUT2D eigenvalue weighted by molar-refractivity contribution is 7.90. The topological polar surface area (TPSA) is 114 Å². The second kappa shape index (κ2) is 7.56. The number of urea groups is 1. The Labute approximate surface area is 139 Å². The predicted octanol–water partition coefficient (Wildman–Crippen LogP) is 1.44. The average molecular weight is 361 g/mol. The van der Waals surface area contributed by atoms with Crippen molar-refractivity contribution in [3.05, 3.63) is 24.0 Å². The minimum absolute atomic E-state index is 0.300. The molecule has 2 amide bonds. The van der Waals surface area contributed by atoms with E-state index in [0.29, 0.717) is 0 Å². The Morgan fingerprint density at radius 3 is 2.50 bits per heavy atom. The van der Waals surface area contributed by atoms with E-state index in [2.05, 4.69) is 10.3 Å². The zero-order valence-corrected chi connectivity index (χ0v) is 14.6. The van der Waals surface area contributed by atoms with Gasteiger partial charge in [0, 0.05) is 18.7 Å². The third kappa shape index (κ3) is 5.76. The quantitative estimate of drug-likeness (QED) is 0.767. The number of hydrogen-bond donors (Lipinski definition) is 2. The van der Waals surface area contributed by atoms with Crippen LogP contribution in [0.5, 0.6) is 0 Å². The number of carbonyl (C=O) groups excluding carboxylic acids is 2. The number of ether oxygens (including phenoxy) is 1. The standard InChI is InChI=1S/C14H20FN3O5S/c1-9(19)23-10(8-15)12-11(6-5-7-16-12)24(21,22)18-13(20)17-14(2,3)4/h5-7,10H,8H2,1-4H3,(H2,17,18,20). The minimum atomic E-state index is -4.34. The lowest BCUT2D eigenvalue weighted by atomic mass is 10.1. The fourth-order valence-electron chi connectivity index (χ4n) is 1.78. The van der Waals surface area contributed by atoms with Crippen molar-refractivity contribution in [2.75, 3.05) is 6.67 Å². The van der Waals surface area contributed by atoms with Crippen molar-refractivity contribution >= 4 is 22.0 Å². The van der Waals surface area contributed by atoms with Crippen molar-refractivity contribution in [1.29, 1.82) is 0 Å². The number of pyridine rings is 1. The van der Waals surface area contributed by atoms with Crippen LogP contribution in [-0.2, 0) is 19.6 Å². The summed E-state index contributed by atoms with van der Waals surface area (Å²) in [5.41, 5.74) is -0.956. The zero-order chi connectivity index (χ0) is 18.5. The summed E-state index contributed by atoms with van der Waals surface area (Å²) < 4.78 is 44.5. The largest absolute Gasteiger partial charge is 0.453 e. The maximum absolute atomic E-state index is 13.1. The lowest BCUT2D eigenvalue weighted by Crippen LogP contribution is -2.48. The van der Waals surface area contributed by atoms with Gasteiger partial charge in [-0.25, -0.2) is 22.3 Å². The molecule has 1 rings (SSSR count). The number of alkyl halides is 1. The fraction of sp³-hybridized carbons (Fsp3) is 0.500. The third-order valence-corrected chi connectivity index (χ3v) is 3.94. The molecular weight excluding hydrogens is 341 g/mol. The number of sulfonamides is 1. The number of hydrogen-bond acceptors (Lipinski definition) is 6. The van der Waals surface area contributed by atoms with Crippen LogP contribution in [0.1, 0.15) is 39.5 Å². The Morgan fingerprint density at radius 2 is 2.00 bits per heavy atom. The molecule has 134 valence electrons. The van der Waals surface area contributed by atoms with E-state index in [1.165, 1.54) is 12.3 Å². The van der Waals surface area contributed by atoms with E-state index in [4.69, 9.17) is 4.74 Å². The third-order valence-electron chi connectivity index (χ3n) is 2.56. The Hall–Kier alpha value is -2.23. The molecule has 0 spiro atoms. The van der Waals surface area contributed by atoms with Crippen molar-refractivity contribution in [2.24, 2.45) is 0 Å². The van der Waals surface area contributed by atoms with Crippen molar-refractivity contribution in [2.45, 2.75) is 44.2 Å². The molecule has 2 N–H and O–H groups in total. The maximum Gasteiger partial charge on any atom is 0.329 e. The second-order valence-electron chi connectivity index (χ2n) is 5.95. The lowest BCUT2D eigenvalue weighted by molar-refractivity contribution is -0.147. The number of rotatable bonds is 5. The van der Waals surface area contributed by atoms with Crippen LogP contribution in [0.15, 0.2) is 23.2 Å². The molecule has 0 aliphatic rings. The molecule has 1 unspecified atom stereocenters. The van der Waals surface area contributed by atoms with Crippen LogP contribution in [0.4, 0.5) is 9.18 Å². The molecule has 10 heteroatoms. The zero-order valence-electron chi connectivity index (χ0n) is 13.8. The van der Waals surface area contributed by atoms with Crippen LogP contribution in [-0.4, -0.2) is 37.6 Å².